The lowest BCUT2D eigenvalue weighted by atomic mass is 10.1. The number of hydrogen-bond donors (Lipinski definition) is 3. The number of hydrogen-bond acceptors (Lipinski definition) is 4. The van der Waals surface area contributed by atoms with Crippen molar-refractivity contribution in [3.05, 3.63) is 23.3 Å². The average Bonchev–Trinajstić information content (AvgIpc) is 2.35. The molecule has 3 N–H and O–H groups in total. The van der Waals surface area contributed by atoms with Crippen molar-refractivity contribution in [3.63, 3.8) is 0 Å². The minimum atomic E-state index is -4.67. The van der Waals surface area contributed by atoms with Gasteiger partial charge in [-0.2, -0.15) is 13.2 Å². The number of nitrogens with one attached hydrogen (secondary N) is 1. The van der Waals surface area contributed by atoms with Gasteiger partial charge in [0.1, 0.15) is 5.56 Å². The second kappa shape index (κ2) is 5.26. The maximum absolute atomic E-state index is 12.5. The number of phenols is 2. The number of benzene rings is 1. The molecule has 0 spiro atoms. The Balaban J connectivity index is 2.21. The summed E-state index contributed by atoms with van der Waals surface area (Å²) >= 11 is 0. The normalized spacial score (nSPS) is 17.6. The molecule has 0 aromatic heterocycles. The van der Waals surface area contributed by atoms with Gasteiger partial charge in [0.15, 0.2) is 11.5 Å². The summed E-state index contributed by atoms with van der Waals surface area (Å²) < 4.78 is 37.6. The molecule has 0 aliphatic carbocycles. The monoisotopic (exact) mass is 276 g/mol. The lowest BCUT2D eigenvalue weighted by Gasteiger charge is -2.27. The van der Waals surface area contributed by atoms with E-state index in [0.717, 1.165) is 32.2 Å². The summed E-state index contributed by atoms with van der Waals surface area (Å²) in [5.74, 6) is -1.78. The standard InChI is InChI=1S/C12H15F3N2O2/c13-12(14,15)9-2-1-8(10(18)11(9)19)7-17-5-3-16-4-6-17/h1-2,16,18-19H,3-7H2. The van der Waals surface area contributed by atoms with Crippen LogP contribution in [0.1, 0.15) is 11.1 Å². The smallest absolute Gasteiger partial charge is 0.420 e. The van der Waals surface area contributed by atoms with Crippen LogP contribution < -0.4 is 5.32 Å². The van der Waals surface area contributed by atoms with Gasteiger partial charge in [0.05, 0.1) is 0 Å². The Morgan fingerprint density at radius 2 is 1.74 bits per heavy atom. The van der Waals surface area contributed by atoms with E-state index in [4.69, 9.17) is 0 Å². The summed E-state index contributed by atoms with van der Waals surface area (Å²) in [4.78, 5) is 2.00. The van der Waals surface area contributed by atoms with E-state index in [1.165, 1.54) is 6.07 Å². The number of piperazine rings is 1. The summed E-state index contributed by atoms with van der Waals surface area (Å²) in [6, 6.07) is 2.01. The highest BCUT2D eigenvalue weighted by molar-refractivity contribution is 5.51. The summed E-state index contributed by atoms with van der Waals surface area (Å²) in [5, 5.41) is 22.3. The molecule has 1 fully saturated rings. The van der Waals surface area contributed by atoms with Crippen LogP contribution in [-0.4, -0.2) is 41.3 Å². The average molecular weight is 276 g/mol. The molecule has 1 heterocycles. The first kappa shape index (κ1) is 14.0. The second-order valence-corrected chi connectivity index (χ2v) is 4.49. The molecule has 0 amide bonds. The first-order chi connectivity index (χ1) is 8.89. The third kappa shape index (κ3) is 3.10. The number of phenolic OH excluding ortho intramolecular Hbond substituents is 2. The lowest BCUT2D eigenvalue weighted by molar-refractivity contribution is -0.138. The first-order valence-corrected chi connectivity index (χ1v) is 5.93. The number of rotatable bonds is 2. The fraction of sp³-hybridized carbons (Fsp3) is 0.500. The maximum Gasteiger partial charge on any atom is 0.420 e. The van der Waals surface area contributed by atoms with Crippen LogP contribution in [0.3, 0.4) is 0 Å². The van der Waals surface area contributed by atoms with Crippen molar-refractivity contribution in [2.45, 2.75) is 12.7 Å². The molecule has 0 radical (unpaired) electrons. The van der Waals surface area contributed by atoms with Gasteiger partial charge in [0, 0.05) is 38.3 Å². The van der Waals surface area contributed by atoms with E-state index in [0.29, 0.717) is 12.1 Å². The molecule has 1 aliphatic rings. The Kier molecular flexibility index (Phi) is 3.86. The molecule has 7 heteroatoms. The van der Waals surface area contributed by atoms with Crippen LogP contribution in [0.2, 0.25) is 0 Å². The van der Waals surface area contributed by atoms with Gasteiger partial charge in [-0.25, -0.2) is 0 Å². The maximum atomic E-state index is 12.5. The van der Waals surface area contributed by atoms with E-state index in [9.17, 15) is 23.4 Å². The molecule has 4 nitrogen and oxygen atoms in total. The largest absolute Gasteiger partial charge is 0.504 e. The Bertz CT molecular complexity index is 457. The summed E-state index contributed by atoms with van der Waals surface area (Å²) in [7, 11) is 0. The van der Waals surface area contributed by atoms with Gasteiger partial charge in [0.25, 0.3) is 0 Å². The Morgan fingerprint density at radius 1 is 1.11 bits per heavy atom. The molecule has 0 unspecified atom stereocenters. The van der Waals surface area contributed by atoms with Crippen molar-refractivity contribution in [1.82, 2.24) is 10.2 Å². The van der Waals surface area contributed by atoms with Gasteiger partial charge in [-0.05, 0) is 6.07 Å². The van der Waals surface area contributed by atoms with Gasteiger partial charge in [-0.3, -0.25) is 4.90 Å². The van der Waals surface area contributed by atoms with Crippen LogP contribution in [-0.2, 0) is 12.7 Å². The van der Waals surface area contributed by atoms with Crippen LogP contribution in [0.25, 0.3) is 0 Å². The van der Waals surface area contributed by atoms with Crippen molar-refractivity contribution in [1.29, 1.82) is 0 Å². The molecule has 1 aromatic carbocycles. The second-order valence-electron chi connectivity index (χ2n) is 4.49. The molecule has 0 atom stereocenters. The van der Waals surface area contributed by atoms with E-state index in [2.05, 4.69) is 5.32 Å². The predicted octanol–water partition coefficient (Wildman–Crippen LogP) is 1.52. The van der Waals surface area contributed by atoms with E-state index < -0.39 is 23.2 Å². The SMILES string of the molecule is Oc1c(CN2CCNCC2)ccc(C(F)(F)F)c1O. The highest BCUT2D eigenvalue weighted by Gasteiger charge is 2.35. The Labute approximate surface area is 108 Å². The van der Waals surface area contributed by atoms with Crippen LogP contribution in [0.5, 0.6) is 11.5 Å². The molecular weight excluding hydrogens is 261 g/mol. The van der Waals surface area contributed by atoms with E-state index in [-0.39, 0.29) is 0 Å². The van der Waals surface area contributed by atoms with Crippen molar-refractivity contribution >= 4 is 0 Å². The Hall–Kier alpha value is -1.47. The molecule has 1 aromatic rings. The number of nitrogens with zero attached hydrogens (tertiary/aromatic N) is 1. The van der Waals surface area contributed by atoms with Gasteiger partial charge in [-0.15, -0.1) is 0 Å². The third-order valence-corrected chi connectivity index (χ3v) is 3.14. The number of alkyl halides is 3. The molecule has 1 aliphatic heterocycles. The van der Waals surface area contributed by atoms with Gasteiger partial charge >= 0.3 is 6.18 Å². The summed E-state index contributed by atoms with van der Waals surface area (Å²) in [5.41, 5.74) is -0.915. The van der Waals surface area contributed by atoms with E-state index in [1.807, 2.05) is 4.90 Å². The van der Waals surface area contributed by atoms with Gasteiger partial charge in [-0.1, -0.05) is 6.07 Å². The van der Waals surface area contributed by atoms with Crippen LogP contribution in [0.4, 0.5) is 13.2 Å². The molecule has 0 saturated carbocycles. The molecule has 2 rings (SSSR count). The minimum absolute atomic E-state index is 0.299. The number of halogens is 3. The first-order valence-electron chi connectivity index (χ1n) is 5.93. The molecule has 0 bridgehead atoms. The zero-order chi connectivity index (χ0) is 14.0. The van der Waals surface area contributed by atoms with Crippen LogP contribution in [0, 0.1) is 0 Å². The zero-order valence-corrected chi connectivity index (χ0v) is 10.2. The third-order valence-electron chi connectivity index (χ3n) is 3.14. The molecular formula is C12H15F3N2O2. The minimum Gasteiger partial charge on any atom is -0.504 e. The quantitative estimate of drug-likeness (QED) is 0.717. The highest BCUT2D eigenvalue weighted by atomic mass is 19.4. The van der Waals surface area contributed by atoms with Crippen molar-refractivity contribution < 1.29 is 23.4 Å². The fourth-order valence-corrected chi connectivity index (χ4v) is 2.09. The van der Waals surface area contributed by atoms with Crippen LogP contribution in [0.15, 0.2) is 12.1 Å². The summed E-state index contributed by atoms with van der Waals surface area (Å²) in [6.07, 6.45) is -4.67. The molecule has 19 heavy (non-hydrogen) atoms. The van der Waals surface area contributed by atoms with Crippen molar-refractivity contribution in [2.75, 3.05) is 26.2 Å². The number of aromatic hydroxyl groups is 2. The van der Waals surface area contributed by atoms with Crippen molar-refractivity contribution in [2.24, 2.45) is 0 Å². The van der Waals surface area contributed by atoms with Crippen molar-refractivity contribution in [3.8, 4) is 11.5 Å². The zero-order valence-electron chi connectivity index (χ0n) is 10.2. The predicted molar refractivity (Wildman–Crippen MR) is 62.9 cm³/mol. The van der Waals surface area contributed by atoms with E-state index >= 15 is 0 Å². The Morgan fingerprint density at radius 3 is 2.32 bits per heavy atom. The van der Waals surface area contributed by atoms with Gasteiger partial charge in [0.2, 0.25) is 0 Å². The summed E-state index contributed by atoms with van der Waals surface area (Å²) in [6.45, 7) is 3.42. The topological polar surface area (TPSA) is 55.7 Å². The molecule has 1 saturated heterocycles. The highest BCUT2D eigenvalue weighted by Crippen LogP contribution is 2.42. The fourth-order valence-electron chi connectivity index (χ4n) is 2.09. The van der Waals surface area contributed by atoms with E-state index in [1.54, 1.807) is 0 Å². The lowest BCUT2D eigenvalue weighted by Crippen LogP contribution is -2.42. The van der Waals surface area contributed by atoms with Crippen LogP contribution >= 0.6 is 0 Å². The van der Waals surface area contributed by atoms with Gasteiger partial charge < -0.3 is 15.5 Å². The molecule has 106 valence electrons.